The van der Waals surface area contributed by atoms with Gasteiger partial charge in [-0.15, -0.1) is 22.7 Å². The van der Waals surface area contributed by atoms with E-state index in [0.717, 1.165) is 25.1 Å². The van der Waals surface area contributed by atoms with Crippen molar-refractivity contribution in [2.45, 2.75) is 12.8 Å². The van der Waals surface area contributed by atoms with Crippen LogP contribution in [-0.4, -0.2) is 24.7 Å². The first kappa shape index (κ1) is 35.8. The number of halogens is 3. The number of hydrogen-bond acceptors (Lipinski definition) is 5. The first-order chi connectivity index (χ1) is 23.2. The maximum Gasteiger partial charge on any atom is 0.339 e. The molecule has 0 radical (unpaired) electrons. The van der Waals surface area contributed by atoms with Gasteiger partial charge < -0.3 is 5.32 Å². The minimum Gasteiger partial charge on any atom is -0.352 e. The molecule has 4 nitrogen and oxygen atoms in total. The van der Waals surface area contributed by atoms with Crippen LogP contribution in [0.15, 0.2) is 145 Å². The molecule has 0 bridgehead atoms. The van der Waals surface area contributed by atoms with Crippen LogP contribution < -0.4 is 5.32 Å². The van der Waals surface area contributed by atoms with Gasteiger partial charge in [-0.25, -0.2) is 0 Å². The van der Waals surface area contributed by atoms with Crippen LogP contribution in [0.4, 0.5) is 0 Å². The zero-order chi connectivity index (χ0) is 33.8. The third kappa shape index (κ3) is 11.0. The van der Waals surface area contributed by atoms with E-state index >= 15 is 0 Å². The Morgan fingerprint density at radius 1 is 0.688 bits per heavy atom. The highest BCUT2D eigenvalue weighted by Gasteiger charge is 2.19. The van der Waals surface area contributed by atoms with Gasteiger partial charge in [0.1, 0.15) is 0 Å². The number of thiophene rings is 2. The fourth-order valence-electron chi connectivity index (χ4n) is 5.02. The average molecular weight is 750 g/mol. The number of nitrogens with one attached hydrogen (secondary N) is 1. The molecular weight excluding hydrogens is 718 g/mol. The molecule has 1 aliphatic rings. The topological polar surface area (TPSA) is 58.5 Å². The second-order valence-corrected chi connectivity index (χ2v) is 19.5. The minimum atomic E-state index is -3.22. The Labute approximate surface area is 303 Å². The predicted octanol–water partition coefficient (Wildman–Crippen LogP) is 12.0. The summed E-state index contributed by atoms with van der Waals surface area (Å²) in [5, 5.41) is -0.258. The second-order valence-electron chi connectivity index (χ2n) is 10.6. The summed E-state index contributed by atoms with van der Waals surface area (Å²) in [6, 6.07) is 47.4. The summed E-state index contributed by atoms with van der Waals surface area (Å²) in [5.74, 6) is -0.0135. The lowest BCUT2D eigenvalue weighted by atomic mass is 9.99. The van der Waals surface area contributed by atoms with Crippen molar-refractivity contribution >= 4 is 73.2 Å². The van der Waals surface area contributed by atoms with E-state index in [1.165, 1.54) is 41.8 Å². The van der Waals surface area contributed by atoms with Crippen molar-refractivity contribution in [3.05, 3.63) is 166 Å². The number of amides is 1. The summed E-state index contributed by atoms with van der Waals surface area (Å²) < 4.78 is 9.51. The highest BCUT2D eigenvalue weighted by atomic mass is 36.0. The fraction of sp³-hybridized carbons (Fsp3) is 0.105. The van der Waals surface area contributed by atoms with Gasteiger partial charge in [0.25, 0.3) is 5.91 Å². The second kappa shape index (κ2) is 17.8. The smallest absolute Gasteiger partial charge is 0.339 e. The Bertz CT molecular complexity index is 1970. The van der Waals surface area contributed by atoms with Crippen molar-refractivity contribution in [1.82, 2.24) is 5.32 Å². The van der Waals surface area contributed by atoms with Crippen molar-refractivity contribution in [3.63, 3.8) is 0 Å². The molecule has 1 amide bonds. The van der Waals surface area contributed by atoms with E-state index < -0.39 is 5.20 Å². The number of aliphatic imine (C=N–C) groups is 1. The molecule has 0 atom stereocenters. The van der Waals surface area contributed by atoms with Gasteiger partial charge in [0.05, 0.1) is 5.71 Å². The number of fused-ring (bicyclic) bond motifs is 1. The number of carbonyl (C=O) groups is 1. The van der Waals surface area contributed by atoms with Crippen LogP contribution in [0.25, 0.3) is 20.9 Å². The maximum atomic E-state index is 12.0. The zero-order valence-corrected chi connectivity index (χ0v) is 30.6. The third-order valence-corrected chi connectivity index (χ3v) is 9.63. The van der Waals surface area contributed by atoms with Crippen molar-refractivity contribution in [3.8, 4) is 20.9 Å². The summed E-state index contributed by atoms with van der Waals surface area (Å²) in [6.07, 6.45) is 1.92. The van der Waals surface area contributed by atoms with Crippen molar-refractivity contribution in [1.29, 1.82) is 0 Å². The zero-order valence-electron chi connectivity index (χ0n) is 25.8. The van der Waals surface area contributed by atoms with Crippen LogP contribution >= 0.6 is 61.6 Å². The molecule has 0 aliphatic carbocycles. The van der Waals surface area contributed by atoms with Crippen LogP contribution in [0.1, 0.15) is 31.2 Å². The summed E-state index contributed by atoms with van der Waals surface area (Å²) in [6.45, 7) is 1.55. The number of hydrogen-bond donors (Lipinski definition) is 1. The van der Waals surface area contributed by atoms with Gasteiger partial charge >= 0.3 is 5.20 Å². The summed E-state index contributed by atoms with van der Waals surface area (Å²) in [5.41, 5.74) is 6.93. The van der Waals surface area contributed by atoms with Gasteiger partial charge in [-0.05, 0) is 81.6 Å². The highest BCUT2D eigenvalue weighted by molar-refractivity contribution is 8.24. The molecule has 1 N–H and O–H groups in total. The van der Waals surface area contributed by atoms with E-state index in [9.17, 15) is 9.36 Å². The van der Waals surface area contributed by atoms with Gasteiger partial charge in [-0.1, -0.05) is 109 Å². The summed E-state index contributed by atoms with van der Waals surface area (Å²) >= 11 is 17.5. The molecule has 1 aliphatic heterocycles. The summed E-state index contributed by atoms with van der Waals surface area (Å²) in [7, 11) is 0. The Morgan fingerprint density at radius 3 is 1.79 bits per heavy atom. The normalized spacial score (nSPS) is 11.9. The molecule has 0 spiro atoms. The standard InChI is InChI=1S/C19H17NOS.C19H15NS.Cl3OP/c21-19(16-9-5-2-6-10-16)20-14-13-17-11-12-18(22-17)15-7-3-1-4-8-15;1-3-7-14(8-4-1)18-13-16-17(21-18)11-12-20-19(16)15-9-5-2-6-10-15;1-5(2,3)4/h1-12H,13-14H2,(H,20,21);1-10,13H,11-12H2;. The fourth-order valence-corrected chi connectivity index (χ4v) is 7.19. The van der Waals surface area contributed by atoms with E-state index in [4.69, 9.17) is 4.99 Å². The Morgan fingerprint density at radius 2 is 1.21 bits per heavy atom. The molecule has 2 aromatic heterocycles. The van der Waals surface area contributed by atoms with E-state index in [2.05, 4.69) is 142 Å². The molecule has 10 heteroatoms. The van der Waals surface area contributed by atoms with E-state index in [1.54, 1.807) is 11.3 Å². The molecule has 4 aromatic carbocycles. The summed E-state index contributed by atoms with van der Waals surface area (Å²) in [4.78, 5) is 22.1. The monoisotopic (exact) mass is 748 g/mol. The van der Waals surface area contributed by atoms with E-state index in [0.29, 0.717) is 12.1 Å². The lowest BCUT2D eigenvalue weighted by Crippen LogP contribution is -2.25. The van der Waals surface area contributed by atoms with Crippen LogP contribution in [0, 0.1) is 0 Å². The Kier molecular flexibility index (Phi) is 13.3. The van der Waals surface area contributed by atoms with Gasteiger partial charge in [-0.3, -0.25) is 14.4 Å². The van der Waals surface area contributed by atoms with Crippen molar-refractivity contribution in [2.75, 3.05) is 13.1 Å². The molecule has 244 valence electrons. The van der Waals surface area contributed by atoms with E-state index in [-0.39, 0.29) is 5.91 Å². The lowest BCUT2D eigenvalue weighted by Gasteiger charge is -2.12. The van der Waals surface area contributed by atoms with Crippen molar-refractivity contribution in [2.24, 2.45) is 4.99 Å². The van der Waals surface area contributed by atoms with E-state index in [1.807, 2.05) is 47.7 Å². The van der Waals surface area contributed by atoms with Crippen LogP contribution in [0.5, 0.6) is 0 Å². The molecule has 0 unspecified atom stereocenters. The number of carbonyl (C=O) groups excluding carboxylic acids is 1. The molecule has 0 saturated carbocycles. The number of rotatable bonds is 7. The van der Waals surface area contributed by atoms with Crippen LogP contribution in [0.2, 0.25) is 0 Å². The lowest BCUT2D eigenvalue weighted by molar-refractivity contribution is 0.0954. The van der Waals surface area contributed by atoms with Crippen molar-refractivity contribution < 1.29 is 9.36 Å². The van der Waals surface area contributed by atoms with Crippen LogP contribution in [-0.2, 0) is 17.4 Å². The molecular formula is C38H32Cl3N2O2PS2. The van der Waals surface area contributed by atoms with Crippen LogP contribution in [0.3, 0.4) is 0 Å². The van der Waals surface area contributed by atoms with Gasteiger partial charge in [-0.2, -0.15) is 0 Å². The molecule has 0 fully saturated rings. The molecule has 48 heavy (non-hydrogen) atoms. The quantitative estimate of drug-likeness (QED) is 0.165. The maximum absolute atomic E-state index is 12.0. The van der Waals surface area contributed by atoms with Gasteiger partial charge in [0, 0.05) is 55.7 Å². The SMILES string of the molecule is O=C(NCCc1ccc(-c2ccccc2)s1)c1ccccc1.O=P(Cl)(Cl)Cl.c1ccc(C2=NCCc3sc(-c4ccccc4)cc32)cc1. The number of benzene rings is 4. The highest BCUT2D eigenvalue weighted by Crippen LogP contribution is 2.61. The number of nitrogens with zero attached hydrogens (tertiary/aromatic N) is 1. The Hall–Kier alpha value is -3.48. The largest absolute Gasteiger partial charge is 0.352 e. The molecule has 7 rings (SSSR count). The Balaban J connectivity index is 0.000000165. The third-order valence-electron chi connectivity index (χ3n) is 7.19. The first-order valence-corrected chi connectivity index (χ1v) is 21.2. The molecule has 0 saturated heterocycles. The molecule has 6 aromatic rings. The van der Waals surface area contributed by atoms with Gasteiger partial charge in [0.2, 0.25) is 0 Å². The first-order valence-electron chi connectivity index (χ1n) is 15.2. The minimum absolute atomic E-state index is 0.0135. The average Bonchev–Trinajstić information content (AvgIpc) is 3.77. The molecule has 3 heterocycles. The predicted molar refractivity (Wildman–Crippen MR) is 208 cm³/mol. The van der Waals surface area contributed by atoms with Gasteiger partial charge in [0.15, 0.2) is 0 Å².